The van der Waals surface area contributed by atoms with Gasteiger partial charge in [-0.25, -0.2) is 18.5 Å². The summed E-state index contributed by atoms with van der Waals surface area (Å²) in [6, 6.07) is 12.3. The van der Waals surface area contributed by atoms with E-state index in [1.54, 1.807) is 20.0 Å². The lowest BCUT2D eigenvalue weighted by Gasteiger charge is -2.39. The van der Waals surface area contributed by atoms with Crippen molar-refractivity contribution in [2.45, 2.75) is 26.3 Å². The summed E-state index contributed by atoms with van der Waals surface area (Å²) in [5, 5.41) is 10.7. The molecule has 1 aromatic carbocycles. The Hall–Kier alpha value is -2.45. The summed E-state index contributed by atoms with van der Waals surface area (Å²) in [7, 11) is -3.74. The topological polar surface area (TPSA) is 94.1 Å². The minimum atomic E-state index is -3.74. The molecule has 2 heterocycles. The van der Waals surface area contributed by atoms with Crippen LogP contribution in [0.3, 0.4) is 0 Å². The molecule has 0 bridgehead atoms. The van der Waals surface area contributed by atoms with Crippen LogP contribution in [0.25, 0.3) is 0 Å². The van der Waals surface area contributed by atoms with Gasteiger partial charge in [0, 0.05) is 48.8 Å². The van der Waals surface area contributed by atoms with Crippen molar-refractivity contribution in [2.24, 2.45) is 5.41 Å². The zero-order valence-electron chi connectivity index (χ0n) is 19.3. The van der Waals surface area contributed by atoms with E-state index in [1.165, 1.54) is 4.31 Å². The third-order valence-electron chi connectivity index (χ3n) is 5.92. The van der Waals surface area contributed by atoms with E-state index in [0.29, 0.717) is 37.7 Å². The number of hydroxylamine groups is 2. The maximum atomic E-state index is 13.2. The molecule has 34 heavy (non-hydrogen) atoms. The Bertz CT molecular complexity index is 1120. The normalized spacial score (nSPS) is 15.8. The zero-order chi connectivity index (χ0) is 24.8. The highest BCUT2D eigenvalue weighted by atomic mass is 79.9. The van der Waals surface area contributed by atoms with E-state index in [-0.39, 0.29) is 6.41 Å². The van der Waals surface area contributed by atoms with Crippen LogP contribution in [0.4, 0.5) is 5.82 Å². The summed E-state index contributed by atoms with van der Waals surface area (Å²) in [6.45, 7) is 5.20. The van der Waals surface area contributed by atoms with Crippen molar-refractivity contribution >= 4 is 38.2 Å². The van der Waals surface area contributed by atoms with Crippen LogP contribution in [0, 0.1) is 17.3 Å². The molecule has 0 spiro atoms. The lowest BCUT2D eigenvalue weighted by atomic mass is 9.82. The second-order valence-electron chi connectivity index (χ2n) is 8.83. The van der Waals surface area contributed by atoms with Gasteiger partial charge in [-0.15, -0.1) is 0 Å². The SMILES string of the molecule is CC(C)(CC#Cc1ccccc1)C(CS(=O)(=O)N1CCN(c2ccc(Br)cn2)CC1)N(O)C=O. The maximum absolute atomic E-state index is 13.2. The van der Waals surface area contributed by atoms with Gasteiger partial charge in [-0.1, -0.05) is 43.9 Å². The lowest BCUT2D eigenvalue weighted by Crippen LogP contribution is -2.54. The van der Waals surface area contributed by atoms with Crippen LogP contribution in [-0.4, -0.2) is 72.4 Å². The molecule has 1 atom stereocenters. The first-order chi connectivity index (χ1) is 16.1. The number of carbonyl (C=O) groups excluding carboxylic acids is 1. The van der Waals surface area contributed by atoms with Crippen molar-refractivity contribution in [3.63, 3.8) is 0 Å². The van der Waals surface area contributed by atoms with E-state index in [9.17, 15) is 18.4 Å². The summed E-state index contributed by atoms with van der Waals surface area (Å²) in [6.07, 6.45) is 2.26. The number of aromatic nitrogens is 1. The van der Waals surface area contributed by atoms with E-state index >= 15 is 0 Å². The van der Waals surface area contributed by atoms with Crippen LogP contribution >= 0.6 is 15.9 Å². The molecule has 0 radical (unpaired) electrons. The Balaban J connectivity index is 1.68. The van der Waals surface area contributed by atoms with Crippen molar-refractivity contribution in [3.8, 4) is 11.8 Å². The summed E-state index contributed by atoms with van der Waals surface area (Å²) in [5.41, 5.74) is 0.0741. The van der Waals surface area contributed by atoms with Gasteiger partial charge in [0.1, 0.15) is 5.82 Å². The average Bonchev–Trinajstić information content (AvgIpc) is 2.83. The number of amides is 1. The third-order valence-corrected chi connectivity index (χ3v) is 8.27. The molecule has 0 saturated carbocycles. The van der Waals surface area contributed by atoms with Crippen molar-refractivity contribution in [3.05, 3.63) is 58.7 Å². The minimum absolute atomic E-state index is 0.254. The van der Waals surface area contributed by atoms with Gasteiger partial charge in [0.05, 0.1) is 11.8 Å². The molecule has 0 aliphatic carbocycles. The first-order valence-corrected chi connectivity index (χ1v) is 13.3. The molecule has 1 N–H and O–H groups in total. The van der Waals surface area contributed by atoms with Crippen molar-refractivity contribution in [2.75, 3.05) is 36.8 Å². The number of carbonyl (C=O) groups is 1. The molecule has 1 amide bonds. The Morgan fingerprint density at radius 2 is 1.85 bits per heavy atom. The number of sulfonamides is 1. The van der Waals surface area contributed by atoms with Crippen molar-refractivity contribution in [1.82, 2.24) is 14.4 Å². The second kappa shape index (κ2) is 11.3. The van der Waals surface area contributed by atoms with Crippen molar-refractivity contribution < 1.29 is 18.4 Å². The fraction of sp³-hybridized carbons (Fsp3) is 0.417. The van der Waals surface area contributed by atoms with Gasteiger partial charge in [-0.2, -0.15) is 4.31 Å². The lowest BCUT2D eigenvalue weighted by molar-refractivity contribution is -0.168. The predicted molar refractivity (Wildman–Crippen MR) is 135 cm³/mol. The fourth-order valence-corrected chi connectivity index (χ4v) is 5.97. The number of anilines is 1. The van der Waals surface area contributed by atoms with Gasteiger partial charge >= 0.3 is 0 Å². The molecular formula is C24H29BrN4O4S. The number of hydrogen-bond acceptors (Lipinski definition) is 6. The molecule has 1 saturated heterocycles. The van der Waals surface area contributed by atoms with Crippen LogP contribution in [-0.2, 0) is 14.8 Å². The number of nitrogens with zero attached hydrogens (tertiary/aromatic N) is 4. The van der Waals surface area contributed by atoms with Crippen molar-refractivity contribution in [1.29, 1.82) is 0 Å². The summed E-state index contributed by atoms with van der Waals surface area (Å²) >= 11 is 3.36. The molecule has 1 aromatic heterocycles. The van der Waals surface area contributed by atoms with E-state index < -0.39 is 27.2 Å². The van der Waals surface area contributed by atoms with Crippen LogP contribution < -0.4 is 4.90 Å². The third kappa shape index (κ3) is 6.79. The van der Waals surface area contributed by atoms with Gasteiger partial charge in [0.2, 0.25) is 16.4 Å². The maximum Gasteiger partial charge on any atom is 0.233 e. The summed E-state index contributed by atoms with van der Waals surface area (Å²) in [4.78, 5) is 17.8. The molecule has 1 aliphatic heterocycles. The molecule has 2 aromatic rings. The Labute approximate surface area is 209 Å². The molecule has 1 aliphatic rings. The first kappa shape index (κ1) is 26.2. The van der Waals surface area contributed by atoms with E-state index in [0.717, 1.165) is 15.9 Å². The number of rotatable bonds is 8. The standard InChI is InChI=1S/C24H29BrN4O4S/c1-24(2,12-6-9-20-7-4-3-5-8-20)22(29(31)19-30)18-34(32,33)28-15-13-27(14-16-28)23-11-10-21(25)17-26-23/h3-5,7-8,10-11,17,19,22,31H,12-16,18H2,1-2H3. The van der Waals surface area contributed by atoms with Crippen LogP contribution in [0.2, 0.25) is 0 Å². The Kier molecular flexibility index (Phi) is 8.71. The smallest absolute Gasteiger partial charge is 0.233 e. The summed E-state index contributed by atoms with van der Waals surface area (Å²) in [5.74, 6) is 6.52. The molecule has 8 nitrogen and oxygen atoms in total. The average molecular weight is 549 g/mol. The van der Waals surface area contributed by atoms with Gasteiger partial charge in [0.15, 0.2) is 0 Å². The van der Waals surface area contributed by atoms with Crippen LogP contribution in [0.15, 0.2) is 53.1 Å². The van der Waals surface area contributed by atoms with E-state index in [1.807, 2.05) is 47.4 Å². The highest BCUT2D eigenvalue weighted by Crippen LogP contribution is 2.30. The highest BCUT2D eigenvalue weighted by Gasteiger charge is 2.39. The minimum Gasteiger partial charge on any atom is -0.354 e. The quantitative estimate of drug-likeness (QED) is 0.236. The van der Waals surface area contributed by atoms with E-state index in [2.05, 4.69) is 32.8 Å². The number of halogens is 1. The van der Waals surface area contributed by atoms with Gasteiger partial charge in [-0.3, -0.25) is 10.0 Å². The fourth-order valence-electron chi connectivity index (χ4n) is 3.80. The molecule has 3 rings (SSSR count). The highest BCUT2D eigenvalue weighted by molar-refractivity contribution is 9.10. The second-order valence-corrected chi connectivity index (χ2v) is 11.8. The number of benzene rings is 1. The van der Waals surface area contributed by atoms with Crippen LogP contribution in [0.1, 0.15) is 25.8 Å². The largest absolute Gasteiger partial charge is 0.354 e. The monoisotopic (exact) mass is 548 g/mol. The number of pyridine rings is 1. The molecule has 182 valence electrons. The first-order valence-electron chi connectivity index (χ1n) is 10.9. The predicted octanol–water partition coefficient (Wildman–Crippen LogP) is 2.98. The zero-order valence-corrected chi connectivity index (χ0v) is 21.7. The molecule has 1 fully saturated rings. The van der Waals surface area contributed by atoms with Crippen LogP contribution in [0.5, 0.6) is 0 Å². The van der Waals surface area contributed by atoms with Gasteiger partial charge in [-0.05, 0) is 45.6 Å². The molecule has 10 heteroatoms. The Morgan fingerprint density at radius 1 is 1.18 bits per heavy atom. The molecule has 1 unspecified atom stereocenters. The van der Waals surface area contributed by atoms with E-state index in [4.69, 9.17) is 0 Å². The van der Waals surface area contributed by atoms with Gasteiger partial charge < -0.3 is 4.90 Å². The number of hydrogen-bond donors (Lipinski definition) is 1. The Morgan fingerprint density at radius 3 is 2.44 bits per heavy atom. The molecular weight excluding hydrogens is 520 g/mol. The van der Waals surface area contributed by atoms with Gasteiger partial charge in [0.25, 0.3) is 0 Å². The number of piperazine rings is 1. The summed E-state index contributed by atoms with van der Waals surface area (Å²) < 4.78 is 28.8.